The summed E-state index contributed by atoms with van der Waals surface area (Å²) in [7, 11) is 0. The van der Waals surface area contributed by atoms with Crippen LogP contribution in [0.2, 0.25) is 0 Å². The lowest BCUT2D eigenvalue weighted by atomic mass is 9.60. The Morgan fingerprint density at radius 3 is 1.61 bits per heavy atom. The lowest BCUT2D eigenvalue weighted by molar-refractivity contribution is -0.169. The summed E-state index contributed by atoms with van der Waals surface area (Å²) in [5.74, 6) is 2.56. The lowest BCUT2D eigenvalue weighted by Gasteiger charge is -2.44. The van der Waals surface area contributed by atoms with Gasteiger partial charge in [-0.2, -0.15) is 0 Å². The standard InChI is InChI=1S/C14H14O4/c15-12(16)14(13(17)18)10-6-2-1-3-5-4(2)8(10)9(5)11(14)7(3)6/h2-11H,1H2,(H,15,16)(H,17,18). The van der Waals surface area contributed by atoms with Gasteiger partial charge in [-0.15, -0.1) is 0 Å². The van der Waals surface area contributed by atoms with Gasteiger partial charge in [-0.1, -0.05) is 0 Å². The van der Waals surface area contributed by atoms with Crippen LogP contribution in [-0.4, -0.2) is 22.2 Å². The molecule has 7 saturated carbocycles. The summed E-state index contributed by atoms with van der Waals surface area (Å²) in [5.41, 5.74) is -1.40. The first-order valence-corrected chi connectivity index (χ1v) is 7.08. The SMILES string of the molecule is O=C(O)C1(C(=O)O)C2C3C4CC5C6C4C2C6C1C53. The van der Waals surface area contributed by atoms with E-state index >= 15 is 0 Å². The predicted octanol–water partition coefficient (Wildman–Crippen LogP) is 0.776. The second-order valence-corrected chi connectivity index (χ2v) is 7.56. The molecule has 0 saturated heterocycles. The zero-order valence-corrected chi connectivity index (χ0v) is 9.69. The van der Waals surface area contributed by atoms with Crippen LogP contribution in [0.1, 0.15) is 6.42 Å². The van der Waals surface area contributed by atoms with Crippen molar-refractivity contribution in [2.45, 2.75) is 6.42 Å². The van der Waals surface area contributed by atoms with Crippen molar-refractivity contribution >= 4 is 11.9 Å². The molecule has 0 amide bonds. The number of hydrogen-bond acceptors (Lipinski definition) is 2. The third-order valence-corrected chi connectivity index (χ3v) is 8.16. The van der Waals surface area contributed by atoms with Crippen molar-refractivity contribution in [1.29, 1.82) is 0 Å². The highest BCUT2D eigenvalue weighted by atomic mass is 16.4. The van der Waals surface area contributed by atoms with Crippen molar-refractivity contribution in [1.82, 2.24) is 0 Å². The van der Waals surface area contributed by atoms with E-state index in [1.54, 1.807) is 0 Å². The van der Waals surface area contributed by atoms with Crippen LogP contribution in [0.15, 0.2) is 0 Å². The van der Waals surface area contributed by atoms with Crippen LogP contribution in [0.4, 0.5) is 0 Å². The Labute approximate surface area is 103 Å². The van der Waals surface area contributed by atoms with Crippen molar-refractivity contribution in [3.63, 3.8) is 0 Å². The summed E-state index contributed by atoms with van der Waals surface area (Å²) in [6.45, 7) is 0. The van der Waals surface area contributed by atoms with Gasteiger partial charge in [-0.3, -0.25) is 9.59 Å². The molecule has 7 rings (SSSR count). The second kappa shape index (κ2) is 2.02. The number of carbonyl (C=O) groups is 2. The van der Waals surface area contributed by atoms with Crippen LogP contribution < -0.4 is 0 Å². The highest BCUT2D eigenvalue weighted by molar-refractivity contribution is 6.01. The number of carboxylic acids is 2. The molecule has 7 aliphatic carbocycles. The summed E-state index contributed by atoms with van der Waals surface area (Å²) in [4.78, 5) is 23.6. The summed E-state index contributed by atoms with van der Waals surface area (Å²) in [6.07, 6.45) is 1.29. The van der Waals surface area contributed by atoms with Crippen molar-refractivity contribution in [2.75, 3.05) is 0 Å². The van der Waals surface area contributed by atoms with Crippen LogP contribution in [0.5, 0.6) is 0 Å². The average Bonchev–Trinajstić information content (AvgIpc) is 2.85. The van der Waals surface area contributed by atoms with Crippen LogP contribution >= 0.6 is 0 Å². The molecule has 10 unspecified atom stereocenters. The zero-order valence-electron chi connectivity index (χ0n) is 9.69. The Balaban J connectivity index is 1.69. The third-order valence-electron chi connectivity index (χ3n) is 8.16. The molecule has 0 spiro atoms. The molecule has 4 heteroatoms. The van der Waals surface area contributed by atoms with E-state index < -0.39 is 17.4 Å². The largest absolute Gasteiger partial charge is 0.480 e. The molecule has 4 nitrogen and oxygen atoms in total. The average molecular weight is 246 g/mol. The van der Waals surface area contributed by atoms with Gasteiger partial charge >= 0.3 is 11.9 Å². The first kappa shape index (κ1) is 8.94. The summed E-state index contributed by atoms with van der Waals surface area (Å²) >= 11 is 0. The monoisotopic (exact) mass is 246 g/mol. The fourth-order valence-electron chi connectivity index (χ4n) is 8.63. The lowest BCUT2D eigenvalue weighted by Crippen LogP contribution is -2.45. The maximum absolute atomic E-state index is 11.8. The fraction of sp³-hybridized carbons (Fsp3) is 0.857. The second-order valence-electron chi connectivity index (χ2n) is 7.56. The molecule has 0 radical (unpaired) electrons. The molecule has 10 atom stereocenters. The molecule has 18 heavy (non-hydrogen) atoms. The molecule has 2 N–H and O–H groups in total. The summed E-state index contributed by atoms with van der Waals surface area (Å²) < 4.78 is 0. The summed E-state index contributed by atoms with van der Waals surface area (Å²) in [5, 5.41) is 19.3. The number of rotatable bonds is 2. The van der Waals surface area contributed by atoms with Gasteiger partial charge in [0.1, 0.15) is 0 Å². The zero-order chi connectivity index (χ0) is 12.1. The highest BCUT2D eigenvalue weighted by Crippen LogP contribution is 2.94. The van der Waals surface area contributed by atoms with Gasteiger partial charge in [0.2, 0.25) is 0 Å². The molecule has 0 aromatic rings. The molecule has 7 fully saturated rings. The molecule has 94 valence electrons. The Morgan fingerprint density at radius 2 is 1.22 bits per heavy atom. The van der Waals surface area contributed by atoms with E-state index in [1.807, 2.05) is 0 Å². The highest BCUT2D eigenvalue weighted by Gasteiger charge is 2.95. The molecular formula is C14H14O4. The van der Waals surface area contributed by atoms with Crippen LogP contribution in [0.25, 0.3) is 0 Å². The minimum Gasteiger partial charge on any atom is -0.480 e. The number of hydrogen-bond donors (Lipinski definition) is 2. The van der Waals surface area contributed by atoms with Crippen molar-refractivity contribution < 1.29 is 19.8 Å². The van der Waals surface area contributed by atoms with Gasteiger partial charge in [-0.25, -0.2) is 0 Å². The number of carboxylic acid groups (broad SMARTS) is 2. The van der Waals surface area contributed by atoms with E-state index in [9.17, 15) is 19.8 Å². The fourth-order valence-corrected chi connectivity index (χ4v) is 8.63. The van der Waals surface area contributed by atoms with Gasteiger partial charge in [0.05, 0.1) is 0 Å². The van der Waals surface area contributed by atoms with E-state index in [0.717, 1.165) is 11.8 Å². The van der Waals surface area contributed by atoms with Gasteiger partial charge in [0.15, 0.2) is 5.41 Å². The van der Waals surface area contributed by atoms with E-state index in [2.05, 4.69) is 0 Å². The predicted molar refractivity (Wildman–Crippen MR) is 57.2 cm³/mol. The Kier molecular flexibility index (Phi) is 1.00. The van der Waals surface area contributed by atoms with Gasteiger partial charge in [-0.05, 0) is 65.6 Å². The molecule has 4 bridgehead atoms. The smallest absolute Gasteiger partial charge is 0.321 e. The first-order valence-electron chi connectivity index (χ1n) is 7.08. The van der Waals surface area contributed by atoms with E-state index in [0.29, 0.717) is 35.5 Å². The normalized spacial score (nSPS) is 69.1. The Hall–Kier alpha value is -1.06. The maximum atomic E-state index is 11.8. The van der Waals surface area contributed by atoms with Crippen LogP contribution in [-0.2, 0) is 9.59 Å². The summed E-state index contributed by atoms with van der Waals surface area (Å²) in [6, 6.07) is 0. The van der Waals surface area contributed by atoms with Crippen molar-refractivity contribution in [3.05, 3.63) is 0 Å². The Bertz CT molecular complexity index is 502. The van der Waals surface area contributed by atoms with Crippen LogP contribution in [0.3, 0.4) is 0 Å². The maximum Gasteiger partial charge on any atom is 0.321 e. The minimum atomic E-state index is -1.40. The molecule has 7 aliphatic rings. The van der Waals surface area contributed by atoms with Gasteiger partial charge in [0.25, 0.3) is 0 Å². The minimum absolute atomic E-state index is 0.0220. The van der Waals surface area contributed by atoms with E-state index in [1.165, 1.54) is 6.42 Å². The number of aliphatic carboxylic acids is 2. The van der Waals surface area contributed by atoms with Gasteiger partial charge in [0, 0.05) is 0 Å². The molecule has 0 aromatic carbocycles. The van der Waals surface area contributed by atoms with Crippen molar-refractivity contribution in [2.24, 2.45) is 64.6 Å². The topological polar surface area (TPSA) is 74.6 Å². The molecule has 0 aromatic heterocycles. The van der Waals surface area contributed by atoms with Crippen molar-refractivity contribution in [3.8, 4) is 0 Å². The first-order chi connectivity index (χ1) is 8.61. The quantitative estimate of drug-likeness (QED) is 0.706. The molecule has 0 heterocycles. The van der Waals surface area contributed by atoms with E-state index in [4.69, 9.17) is 0 Å². The van der Waals surface area contributed by atoms with Crippen LogP contribution in [0, 0.1) is 64.6 Å². The molecule has 0 aliphatic heterocycles. The van der Waals surface area contributed by atoms with E-state index in [-0.39, 0.29) is 11.8 Å². The van der Waals surface area contributed by atoms with Gasteiger partial charge < -0.3 is 10.2 Å². The third kappa shape index (κ3) is 0.466. The molecular weight excluding hydrogens is 232 g/mol. The Morgan fingerprint density at radius 1 is 0.778 bits per heavy atom.